The third-order valence-corrected chi connectivity index (χ3v) is 6.74. The Labute approximate surface area is 188 Å². The molecule has 0 atom stereocenters. The highest BCUT2D eigenvalue weighted by Gasteiger charge is 2.25. The number of amides is 1. The summed E-state index contributed by atoms with van der Waals surface area (Å²) in [5.41, 5.74) is 2.10. The average molecular weight is 455 g/mol. The topological polar surface area (TPSA) is 84.9 Å². The zero-order chi connectivity index (χ0) is 23.1. The van der Waals surface area contributed by atoms with E-state index in [-0.39, 0.29) is 23.0 Å². The summed E-state index contributed by atoms with van der Waals surface area (Å²) in [7, 11) is -0.815. The minimum absolute atomic E-state index is 0.0486. The number of nitrogens with one attached hydrogen (secondary N) is 1. The van der Waals surface area contributed by atoms with Gasteiger partial charge in [-0.2, -0.15) is 0 Å². The normalized spacial score (nSPS) is 11.1. The Morgan fingerprint density at radius 3 is 2.38 bits per heavy atom. The highest BCUT2D eigenvalue weighted by atomic mass is 32.2. The van der Waals surface area contributed by atoms with Gasteiger partial charge in [-0.3, -0.25) is 9.10 Å². The molecular formula is C24H26N2O5S. The van der Waals surface area contributed by atoms with Crippen LogP contribution in [0.1, 0.15) is 22.8 Å². The van der Waals surface area contributed by atoms with Crippen LogP contribution in [-0.2, 0) is 21.4 Å². The summed E-state index contributed by atoms with van der Waals surface area (Å²) in [5.74, 6) is -0.0284. The van der Waals surface area contributed by atoms with Crippen molar-refractivity contribution < 1.29 is 22.7 Å². The van der Waals surface area contributed by atoms with Gasteiger partial charge in [-0.1, -0.05) is 30.3 Å². The number of methoxy groups -OCH3 is 2. The van der Waals surface area contributed by atoms with E-state index in [9.17, 15) is 13.2 Å². The minimum atomic E-state index is -3.86. The number of hydrogen-bond donors (Lipinski definition) is 1. The smallest absolute Gasteiger partial charge is 0.264 e. The number of hydrogen-bond acceptors (Lipinski definition) is 5. The van der Waals surface area contributed by atoms with Gasteiger partial charge in [0.15, 0.2) is 0 Å². The highest BCUT2D eigenvalue weighted by molar-refractivity contribution is 7.92. The SMILES string of the molecule is CCN(c1ccccc1)S(=O)(=O)c1ccc(OC)c(NC(=O)c2cccc(COC)c2)c1. The first kappa shape index (κ1) is 23.3. The van der Waals surface area contributed by atoms with Gasteiger partial charge < -0.3 is 14.8 Å². The quantitative estimate of drug-likeness (QED) is 0.521. The molecule has 0 fully saturated rings. The van der Waals surface area contributed by atoms with Crippen LogP contribution in [0.4, 0.5) is 11.4 Å². The first-order valence-electron chi connectivity index (χ1n) is 10.1. The Hall–Kier alpha value is -3.36. The predicted molar refractivity (Wildman–Crippen MR) is 125 cm³/mol. The Morgan fingerprint density at radius 1 is 0.969 bits per heavy atom. The second-order valence-electron chi connectivity index (χ2n) is 6.95. The summed E-state index contributed by atoms with van der Waals surface area (Å²) in [6.07, 6.45) is 0. The van der Waals surface area contributed by atoms with Crippen LogP contribution in [-0.4, -0.2) is 35.1 Å². The van der Waals surface area contributed by atoms with Crippen molar-refractivity contribution >= 4 is 27.3 Å². The van der Waals surface area contributed by atoms with E-state index in [2.05, 4.69) is 5.32 Å². The van der Waals surface area contributed by atoms with Crippen LogP contribution in [0.2, 0.25) is 0 Å². The molecule has 0 saturated heterocycles. The van der Waals surface area contributed by atoms with Gasteiger partial charge in [0.05, 0.1) is 30.0 Å². The number of ether oxygens (including phenoxy) is 2. The van der Waals surface area contributed by atoms with Crippen LogP contribution in [0.15, 0.2) is 77.7 Å². The summed E-state index contributed by atoms with van der Waals surface area (Å²) in [6, 6.07) is 20.3. The van der Waals surface area contributed by atoms with Crippen LogP contribution in [0.3, 0.4) is 0 Å². The van der Waals surface area contributed by atoms with Crippen LogP contribution in [0, 0.1) is 0 Å². The molecule has 0 radical (unpaired) electrons. The van der Waals surface area contributed by atoms with Crippen LogP contribution in [0.25, 0.3) is 0 Å². The first-order chi connectivity index (χ1) is 15.4. The van der Waals surface area contributed by atoms with Gasteiger partial charge in [0.1, 0.15) is 5.75 Å². The van der Waals surface area contributed by atoms with Crippen molar-refractivity contribution in [1.82, 2.24) is 0 Å². The molecule has 1 N–H and O–H groups in total. The van der Waals surface area contributed by atoms with Crippen molar-refractivity contribution in [3.05, 3.63) is 83.9 Å². The molecule has 0 bridgehead atoms. The Balaban J connectivity index is 1.95. The lowest BCUT2D eigenvalue weighted by Crippen LogP contribution is -2.30. The number of sulfonamides is 1. The standard InChI is InChI=1S/C24H26N2O5S/c1-4-26(20-11-6-5-7-12-20)32(28,29)21-13-14-23(31-3)22(16-21)25-24(27)19-10-8-9-18(15-19)17-30-2/h5-16H,4,17H2,1-3H3,(H,25,27). The van der Waals surface area contributed by atoms with E-state index in [1.54, 1.807) is 56.5 Å². The zero-order valence-corrected chi connectivity index (χ0v) is 19.1. The minimum Gasteiger partial charge on any atom is -0.495 e. The van der Waals surface area contributed by atoms with Gasteiger partial charge in [-0.15, -0.1) is 0 Å². The van der Waals surface area contributed by atoms with Gasteiger partial charge in [0, 0.05) is 19.2 Å². The van der Waals surface area contributed by atoms with Crippen molar-refractivity contribution in [2.24, 2.45) is 0 Å². The number of para-hydroxylation sites is 1. The molecule has 168 valence electrons. The number of nitrogens with zero attached hydrogens (tertiary/aromatic N) is 1. The van der Waals surface area contributed by atoms with Gasteiger partial charge in [-0.25, -0.2) is 8.42 Å². The van der Waals surface area contributed by atoms with Gasteiger partial charge in [0.25, 0.3) is 15.9 Å². The third-order valence-electron chi connectivity index (χ3n) is 4.84. The number of carbonyl (C=O) groups excluding carboxylic acids is 1. The third kappa shape index (κ3) is 5.09. The molecule has 1 amide bonds. The largest absolute Gasteiger partial charge is 0.495 e. The Kier molecular flexibility index (Phi) is 7.50. The maximum absolute atomic E-state index is 13.3. The van der Waals surface area contributed by atoms with Crippen molar-refractivity contribution in [2.45, 2.75) is 18.4 Å². The fourth-order valence-electron chi connectivity index (χ4n) is 3.32. The summed E-state index contributed by atoms with van der Waals surface area (Å²) < 4.78 is 38.5. The molecule has 0 unspecified atom stereocenters. The van der Waals surface area contributed by atoms with Crippen molar-refractivity contribution in [3.8, 4) is 5.75 Å². The molecule has 3 aromatic rings. The summed E-state index contributed by atoms with van der Waals surface area (Å²) in [4.78, 5) is 12.9. The second kappa shape index (κ2) is 10.3. The molecule has 0 saturated carbocycles. The lowest BCUT2D eigenvalue weighted by atomic mass is 10.1. The number of carbonyl (C=O) groups is 1. The molecule has 32 heavy (non-hydrogen) atoms. The van der Waals surface area contributed by atoms with Gasteiger partial charge >= 0.3 is 0 Å². The maximum atomic E-state index is 13.3. The van der Waals surface area contributed by atoms with E-state index in [1.807, 2.05) is 12.1 Å². The molecular weight excluding hydrogens is 428 g/mol. The van der Waals surface area contributed by atoms with E-state index in [1.165, 1.54) is 29.6 Å². The molecule has 7 nitrogen and oxygen atoms in total. The molecule has 0 aromatic heterocycles. The van der Waals surface area contributed by atoms with Crippen molar-refractivity contribution in [3.63, 3.8) is 0 Å². The van der Waals surface area contributed by atoms with Crippen LogP contribution < -0.4 is 14.4 Å². The molecule has 0 aliphatic heterocycles. The lowest BCUT2D eigenvalue weighted by Gasteiger charge is -2.23. The molecule has 0 heterocycles. The van der Waals surface area contributed by atoms with Crippen molar-refractivity contribution in [1.29, 1.82) is 0 Å². The van der Waals surface area contributed by atoms with E-state index in [0.29, 0.717) is 23.6 Å². The molecule has 0 aliphatic carbocycles. The lowest BCUT2D eigenvalue weighted by molar-refractivity contribution is 0.102. The van der Waals surface area contributed by atoms with Crippen LogP contribution in [0.5, 0.6) is 5.75 Å². The maximum Gasteiger partial charge on any atom is 0.264 e. The predicted octanol–water partition coefficient (Wildman–Crippen LogP) is 4.31. The molecule has 3 rings (SSSR count). The summed E-state index contributed by atoms with van der Waals surface area (Å²) in [5, 5.41) is 2.77. The number of rotatable bonds is 9. The second-order valence-corrected chi connectivity index (χ2v) is 8.82. The zero-order valence-electron chi connectivity index (χ0n) is 18.2. The fraction of sp³-hybridized carbons (Fsp3) is 0.208. The average Bonchev–Trinajstić information content (AvgIpc) is 2.80. The van der Waals surface area contributed by atoms with E-state index < -0.39 is 10.0 Å². The Morgan fingerprint density at radius 2 is 1.72 bits per heavy atom. The first-order valence-corrected chi connectivity index (χ1v) is 11.5. The van der Waals surface area contributed by atoms with Crippen molar-refractivity contribution in [2.75, 3.05) is 30.4 Å². The van der Waals surface area contributed by atoms with Gasteiger partial charge in [0.2, 0.25) is 0 Å². The molecule has 0 spiro atoms. The fourth-order valence-corrected chi connectivity index (χ4v) is 4.82. The van der Waals surface area contributed by atoms with E-state index in [4.69, 9.17) is 9.47 Å². The highest BCUT2D eigenvalue weighted by Crippen LogP contribution is 2.31. The molecule has 3 aromatic carbocycles. The van der Waals surface area contributed by atoms with Crippen LogP contribution >= 0.6 is 0 Å². The van der Waals surface area contributed by atoms with Gasteiger partial charge in [-0.05, 0) is 55.0 Å². The van der Waals surface area contributed by atoms with E-state index >= 15 is 0 Å². The molecule has 8 heteroatoms. The monoisotopic (exact) mass is 454 g/mol. The summed E-state index contributed by atoms with van der Waals surface area (Å²) in [6.45, 7) is 2.40. The summed E-state index contributed by atoms with van der Waals surface area (Å²) >= 11 is 0. The Bertz CT molecular complexity index is 1180. The molecule has 0 aliphatic rings. The number of anilines is 2. The van der Waals surface area contributed by atoms with E-state index in [0.717, 1.165) is 5.56 Å². The number of benzene rings is 3.